The Labute approximate surface area is 121 Å². The molecule has 3 aromatic rings. The summed E-state index contributed by atoms with van der Waals surface area (Å²) >= 11 is 0. The van der Waals surface area contributed by atoms with E-state index in [2.05, 4.69) is 15.6 Å². The minimum atomic E-state index is -0.292. The fraction of sp³-hybridized carbons (Fsp3) is 0.188. The number of Topliss-reactive ketones (excluding diaryl/α,β-unsaturated/α-hetero) is 1. The average Bonchev–Trinajstić information content (AvgIpc) is 3.08. The van der Waals surface area contributed by atoms with Crippen molar-refractivity contribution in [1.29, 1.82) is 0 Å². The van der Waals surface area contributed by atoms with E-state index < -0.39 is 0 Å². The molecule has 0 saturated carbocycles. The Morgan fingerprint density at radius 2 is 2.10 bits per heavy atom. The lowest BCUT2D eigenvalue weighted by atomic mass is 10.1. The molecule has 1 aliphatic carbocycles. The molecule has 0 saturated heterocycles. The molecule has 1 atom stereocenters. The van der Waals surface area contributed by atoms with Gasteiger partial charge >= 0.3 is 0 Å². The van der Waals surface area contributed by atoms with Gasteiger partial charge in [-0.1, -0.05) is 23.4 Å². The zero-order valence-corrected chi connectivity index (χ0v) is 11.6. The molecule has 0 amide bonds. The average molecular weight is 278 g/mol. The normalized spacial score (nSPS) is 17.2. The maximum atomic E-state index is 12.7. The van der Waals surface area contributed by atoms with Crippen LogP contribution >= 0.6 is 0 Å². The number of aromatic nitrogens is 3. The molecule has 1 aromatic heterocycles. The number of nitrogens with zero attached hydrogens (tertiary/aromatic N) is 3. The highest BCUT2D eigenvalue weighted by Gasteiger charge is 2.33. The van der Waals surface area contributed by atoms with Crippen LogP contribution in [-0.2, 0) is 6.42 Å². The van der Waals surface area contributed by atoms with E-state index in [1.54, 1.807) is 4.68 Å². The van der Waals surface area contributed by atoms with Gasteiger partial charge < -0.3 is 5.32 Å². The summed E-state index contributed by atoms with van der Waals surface area (Å²) in [6, 6.07) is 13.3. The van der Waals surface area contributed by atoms with Gasteiger partial charge in [-0.25, -0.2) is 4.68 Å². The van der Waals surface area contributed by atoms with Crippen LogP contribution in [0, 0.1) is 0 Å². The van der Waals surface area contributed by atoms with E-state index in [0.29, 0.717) is 6.42 Å². The molecule has 5 nitrogen and oxygen atoms in total. The lowest BCUT2D eigenvalue weighted by Gasteiger charge is -2.08. The number of ketones is 1. The molecule has 1 aliphatic rings. The molecule has 0 bridgehead atoms. The second-order valence-corrected chi connectivity index (χ2v) is 5.23. The number of fused-ring (bicyclic) bond motifs is 2. The number of carbonyl (C=O) groups excluding carboxylic acids is 1. The van der Waals surface area contributed by atoms with E-state index in [1.807, 2.05) is 49.5 Å². The highest BCUT2D eigenvalue weighted by atomic mass is 16.1. The van der Waals surface area contributed by atoms with Crippen molar-refractivity contribution in [3.63, 3.8) is 0 Å². The Morgan fingerprint density at radius 3 is 2.95 bits per heavy atom. The third kappa shape index (κ3) is 1.74. The fourth-order valence-electron chi connectivity index (χ4n) is 2.93. The number of nitrogens with one attached hydrogen (secondary N) is 1. The number of hydrogen-bond donors (Lipinski definition) is 1. The van der Waals surface area contributed by atoms with Crippen molar-refractivity contribution in [2.45, 2.75) is 12.5 Å². The lowest BCUT2D eigenvalue weighted by Crippen LogP contribution is -2.17. The van der Waals surface area contributed by atoms with Gasteiger partial charge in [0.25, 0.3) is 0 Å². The predicted molar refractivity (Wildman–Crippen MR) is 80.6 cm³/mol. The number of benzene rings is 2. The Morgan fingerprint density at radius 1 is 1.24 bits per heavy atom. The van der Waals surface area contributed by atoms with Crippen LogP contribution in [-0.4, -0.2) is 27.8 Å². The molecule has 0 radical (unpaired) electrons. The Kier molecular flexibility index (Phi) is 2.54. The molecular weight excluding hydrogens is 264 g/mol. The van der Waals surface area contributed by atoms with Crippen molar-refractivity contribution in [1.82, 2.24) is 15.0 Å². The Balaban J connectivity index is 1.80. The van der Waals surface area contributed by atoms with Crippen molar-refractivity contribution in [3.8, 4) is 0 Å². The van der Waals surface area contributed by atoms with E-state index in [9.17, 15) is 4.79 Å². The quantitative estimate of drug-likeness (QED) is 0.782. The van der Waals surface area contributed by atoms with Crippen molar-refractivity contribution in [2.24, 2.45) is 0 Å². The highest BCUT2D eigenvalue weighted by Crippen LogP contribution is 2.33. The highest BCUT2D eigenvalue weighted by molar-refractivity contribution is 6.04. The topological polar surface area (TPSA) is 59.8 Å². The number of carbonyl (C=O) groups is 1. The fourth-order valence-corrected chi connectivity index (χ4v) is 2.93. The number of hydrogen-bond acceptors (Lipinski definition) is 4. The molecule has 2 aromatic carbocycles. The summed E-state index contributed by atoms with van der Waals surface area (Å²) in [5, 5.41) is 11.4. The molecule has 0 spiro atoms. The van der Waals surface area contributed by atoms with Crippen molar-refractivity contribution >= 4 is 22.5 Å². The van der Waals surface area contributed by atoms with E-state index in [1.165, 1.54) is 0 Å². The lowest BCUT2D eigenvalue weighted by molar-refractivity contribution is 0.0936. The molecular formula is C16H14N4O. The van der Waals surface area contributed by atoms with Crippen LogP contribution in [0.1, 0.15) is 22.0 Å². The van der Waals surface area contributed by atoms with Crippen LogP contribution < -0.4 is 5.32 Å². The summed E-state index contributed by atoms with van der Waals surface area (Å²) in [6.45, 7) is 0. The molecule has 0 fully saturated rings. The minimum absolute atomic E-state index is 0.109. The summed E-state index contributed by atoms with van der Waals surface area (Å²) in [5.41, 5.74) is 4.52. The van der Waals surface area contributed by atoms with Gasteiger partial charge in [-0.3, -0.25) is 4.79 Å². The van der Waals surface area contributed by atoms with Gasteiger partial charge in [-0.05, 0) is 29.8 Å². The maximum absolute atomic E-state index is 12.7. The van der Waals surface area contributed by atoms with Gasteiger partial charge in [-0.2, -0.15) is 0 Å². The first-order valence-corrected chi connectivity index (χ1v) is 6.93. The zero-order valence-electron chi connectivity index (χ0n) is 11.6. The van der Waals surface area contributed by atoms with Crippen LogP contribution in [0.5, 0.6) is 0 Å². The van der Waals surface area contributed by atoms with Crippen LogP contribution in [0.15, 0.2) is 42.5 Å². The number of anilines is 1. The number of para-hydroxylation sites is 1. The monoisotopic (exact) mass is 278 g/mol. The van der Waals surface area contributed by atoms with Crippen molar-refractivity contribution < 1.29 is 4.79 Å². The molecule has 1 unspecified atom stereocenters. The minimum Gasteiger partial charge on any atom is -0.388 e. The van der Waals surface area contributed by atoms with E-state index >= 15 is 0 Å². The van der Waals surface area contributed by atoms with Gasteiger partial charge in [0, 0.05) is 24.7 Å². The Hall–Kier alpha value is -2.69. The van der Waals surface area contributed by atoms with Gasteiger partial charge in [0.05, 0.1) is 5.52 Å². The second kappa shape index (κ2) is 4.41. The first-order chi connectivity index (χ1) is 10.3. The van der Waals surface area contributed by atoms with Crippen LogP contribution in [0.4, 0.5) is 5.69 Å². The second-order valence-electron chi connectivity index (χ2n) is 5.23. The SMILES string of the molecule is CNc1ccc2c(c1)C(=O)C(n1nnc3ccccc31)C2. The van der Waals surface area contributed by atoms with Gasteiger partial charge in [0.2, 0.25) is 0 Å². The third-order valence-electron chi connectivity index (χ3n) is 4.05. The predicted octanol–water partition coefficient (Wildman–Crippen LogP) is 2.45. The molecule has 21 heavy (non-hydrogen) atoms. The Bertz CT molecular complexity index is 852. The van der Waals surface area contributed by atoms with Crippen molar-refractivity contribution in [3.05, 3.63) is 53.6 Å². The number of rotatable bonds is 2. The molecule has 0 aliphatic heterocycles. The smallest absolute Gasteiger partial charge is 0.188 e. The molecule has 5 heteroatoms. The summed E-state index contributed by atoms with van der Waals surface area (Å²) < 4.78 is 1.75. The summed E-state index contributed by atoms with van der Waals surface area (Å²) in [5.74, 6) is 0.109. The van der Waals surface area contributed by atoms with E-state index in [0.717, 1.165) is 27.8 Å². The molecule has 1 N–H and O–H groups in total. The summed E-state index contributed by atoms with van der Waals surface area (Å²) in [6.07, 6.45) is 0.672. The third-order valence-corrected chi connectivity index (χ3v) is 4.05. The largest absolute Gasteiger partial charge is 0.388 e. The molecule has 1 heterocycles. The summed E-state index contributed by atoms with van der Waals surface area (Å²) in [7, 11) is 1.85. The van der Waals surface area contributed by atoms with Gasteiger partial charge in [0.15, 0.2) is 5.78 Å². The van der Waals surface area contributed by atoms with E-state index in [4.69, 9.17) is 0 Å². The van der Waals surface area contributed by atoms with Crippen molar-refractivity contribution in [2.75, 3.05) is 12.4 Å². The van der Waals surface area contributed by atoms with Crippen LogP contribution in [0.2, 0.25) is 0 Å². The van der Waals surface area contributed by atoms with Gasteiger partial charge in [-0.15, -0.1) is 5.10 Å². The van der Waals surface area contributed by atoms with E-state index in [-0.39, 0.29) is 11.8 Å². The molecule has 4 rings (SSSR count). The zero-order chi connectivity index (χ0) is 14.4. The first-order valence-electron chi connectivity index (χ1n) is 6.93. The standard InChI is InChI=1S/C16H14N4O/c1-17-11-7-6-10-8-15(16(21)12(10)9-11)20-14-5-3-2-4-13(14)18-19-20/h2-7,9,15,17H,8H2,1H3. The van der Waals surface area contributed by atoms with Crippen LogP contribution in [0.25, 0.3) is 11.0 Å². The first kappa shape index (κ1) is 12.1. The van der Waals surface area contributed by atoms with Gasteiger partial charge in [0.1, 0.15) is 11.6 Å². The summed E-state index contributed by atoms with van der Waals surface area (Å²) in [4.78, 5) is 12.7. The molecule has 104 valence electrons. The maximum Gasteiger partial charge on any atom is 0.188 e. The van der Waals surface area contributed by atoms with Crippen LogP contribution in [0.3, 0.4) is 0 Å².